The molecule has 0 bridgehead atoms. The number of para-hydroxylation sites is 1. The predicted octanol–water partition coefficient (Wildman–Crippen LogP) is 3.76. The van der Waals surface area contributed by atoms with Crippen LogP contribution in [0.4, 0.5) is 4.39 Å². The van der Waals surface area contributed by atoms with Crippen molar-refractivity contribution in [2.24, 2.45) is 0 Å². The predicted molar refractivity (Wildman–Crippen MR) is 63.8 cm³/mol. The van der Waals surface area contributed by atoms with Crippen molar-refractivity contribution >= 4 is 11.6 Å². The van der Waals surface area contributed by atoms with Gasteiger partial charge in [-0.15, -0.1) is 0 Å². The number of aliphatic hydroxyl groups excluding tert-OH is 1. The average Bonchev–Trinajstić information content (AvgIpc) is 2.32. The molecule has 0 aromatic heterocycles. The van der Waals surface area contributed by atoms with Gasteiger partial charge in [-0.2, -0.15) is 0 Å². The molecule has 2 aromatic carbocycles. The highest BCUT2D eigenvalue weighted by atomic mass is 35.5. The Balaban J connectivity index is 2.35. The van der Waals surface area contributed by atoms with Gasteiger partial charge in [-0.25, -0.2) is 4.39 Å². The Bertz CT molecular complexity index is 529. The lowest BCUT2D eigenvalue weighted by molar-refractivity contribution is 0.274. The first kappa shape index (κ1) is 11.9. The van der Waals surface area contributed by atoms with Gasteiger partial charge < -0.3 is 9.84 Å². The first-order valence-corrected chi connectivity index (χ1v) is 5.40. The van der Waals surface area contributed by atoms with Crippen LogP contribution in [0.1, 0.15) is 5.56 Å². The molecule has 2 rings (SSSR count). The van der Waals surface area contributed by atoms with Gasteiger partial charge in [0.25, 0.3) is 0 Å². The van der Waals surface area contributed by atoms with Crippen molar-refractivity contribution in [3.63, 3.8) is 0 Å². The fourth-order valence-corrected chi connectivity index (χ4v) is 1.62. The van der Waals surface area contributed by atoms with Crippen molar-refractivity contribution in [1.82, 2.24) is 0 Å². The Morgan fingerprint density at radius 3 is 2.65 bits per heavy atom. The molecule has 0 aliphatic rings. The van der Waals surface area contributed by atoms with E-state index in [1.165, 1.54) is 12.1 Å². The van der Waals surface area contributed by atoms with Gasteiger partial charge in [0.1, 0.15) is 5.75 Å². The summed E-state index contributed by atoms with van der Waals surface area (Å²) in [6, 6.07) is 11.0. The standard InChI is InChI=1S/C13H10ClFO2/c14-10-4-2-5-11(7-10)17-13-9(8-16)3-1-6-12(13)15/h1-7,16H,8H2. The molecule has 1 N–H and O–H groups in total. The zero-order valence-corrected chi connectivity index (χ0v) is 9.62. The van der Waals surface area contributed by atoms with Crippen LogP contribution in [0, 0.1) is 5.82 Å². The van der Waals surface area contributed by atoms with E-state index < -0.39 is 5.82 Å². The zero-order valence-electron chi connectivity index (χ0n) is 8.86. The van der Waals surface area contributed by atoms with Gasteiger partial charge in [0.2, 0.25) is 0 Å². The third-order valence-electron chi connectivity index (χ3n) is 2.23. The Hall–Kier alpha value is -1.58. The molecule has 0 unspecified atom stereocenters. The number of ether oxygens (including phenoxy) is 1. The maximum Gasteiger partial charge on any atom is 0.168 e. The minimum atomic E-state index is -0.517. The van der Waals surface area contributed by atoms with E-state index in [1.807, 2.05) is 0 Å². The second kappa shape index (κ2) is 5.17. The Kier molecular flexibility index (Phi) is 3.61. The number of aliphatic hydroxyl groups is 1. The van der Waals surface area contributed by atoms with Crippen LogP contribution in [0.5, 0.6) is 11.5 Å². The lowest BCUT2D eigenvalue weighted by Gasteiger charge is -2.10. The van der Waals surface area contributed by atoms with Crippen LogP contribution in [-0.2, 0) is 6.61 Å². The topological polar surface area (TPSA) is 29.5 Å². The monoisotopic (exact) mass is 252 g/mol. The number of hydrogen-bond donors (Lipinski definition) is 1. The normalized spacial score (nSPS) is 10.3. The zero-order chi connectivity index (χ0) is 12.3. The molecule has 0 amide bonds. The summed E-state index contributed by atoms with van der Waals surface area (Å²) in [5, 5.41) is 9.61. The highest BCUT2D eigenvalue weighted by Crippen LogP contribution is 2.29. The van der Waals surface area contributed by atoms with Crippen LogP contribution in [0.2, 0.25) is 5.02 Å². The maximum absolute atomic E-state index is 13.6. The minimum Gasteiger partial charge on any atom is -0.454 e. The molecule has 0 saturated carbocycles. The molecule has 0 saturated heterocycles. The lowest BCUT2D eigenvalue weighted by atomic mass is 10.2. The molecule has 0 spiro atoms. The van der Waals surface area contributed by atoms with Gasteiger partial charge in [0.05, 0.1) is 6.61 Å². The molecule has 0 heterocycles. The van der Waals surface area contributed by atoms with Crippen LogP contribution in [0.25, 0.3) is 0 Å². The number of hydrogen-bond acceptors (Lipinski definition) is 2. The second-order valence-corrected chi connectivity index (χ2v) is 3.88. The third kappa shape index (κ3) is 2.75. The number of halogens is 2. The van der Waals surface area contributed by atoms with Gasteiger partial charge in [-0.1, -0.05) is 29.8 Å². The summed E-state index contributed by atoms with van der Waals surface area (Å²) in [4.78, 5) is 0. The third-order valence-corrected chi connectivity index (χ3v) is 2.47. The van der Waals surface area contributed by atoms with Crippen molar-refractivity contribution in [3.05, 3.63) is 58.9 Å². The van der Waals surface area contributed by atoms with Crippen LogP contribution >= 0.6 is 11.6 Å². The largest absolute Gasteiger partial charge is 0.454 e. The Labute approximate surface area is 103 Å². The Morgan fingerprint density at radius 1 is 1.18 bits per heavy atom. The van der Waals surface area contributed by atoms with Crippen molar-refractivity contribution in [2.45, 2.75) is 6.61 Å². The molecule has 88 valence electrons. The summed E-state index contributed by atoms with van der Waals surface area (Å²) >= 11 is 5.80. The van der Waals surface area contributed by atoms with E-state index in [1.54, 1.807) is 30.3 Å². The molecule has 4 heteroatoms. The first-order valence-electron chi connectivity index (χ1n) is 5.02. The smallest absolute Gasteiger partial charge is 0.168 e. The van der Waals surface area contributed by atoms with E-state index in [4.69, 9.17) is 21.4 Å². The van der Waals surface area contributed by atoms with Crippen molar-refractivity contribution < 1.29 is 14.2 Å². The molecular weight excluding hydrogens is 243 g/mol. The fraction of sp³-hybridized carbons (Fsp3) is 0.0769. The summed E-state index contributed by atoms with van der Waals surface area (Å²) in [6.07, 6.45) is 0. The molecule has 0 radical (unpaired) electrons. The van der Waals surface area contributed by atoms with Crippen LogP contribution in [0.3, 0.4) is 0 Å². The maximum atomic E-state index is 13.6. The van der Waals surface area contributed by atoms with Gasteiger partial charge >= 0.3 is 0 Å². The average molecular weight is 253 g/mol. The fourth-order valence-electron chi connectivity index (χ4n) is 1.44. The van der Waals surface area contributed by atoms with E-state index >= 15 is 0 Å². The van der Waals surface area contributed by atoms with Gasteiger partial charge in [-0.3, -0.25) is 0 Å². The van der Waals surface area contributed by atoms with Crippen LogP contribution < -0.4 is 4.74 Å². The SMILES string of the molecule is OCc1cccc(F)c1Oc1cccc(Cl)c1. The lowest BCUT2D eigenvalue weighted by Crippen LogP contribution is -1.94. The van der Waals surface area contributed by atoms with Gasteiger partial charge in [0, 0.05) is 10.6 Å². The van der Waals surface area contributed by atoms with E-state index in [0.717, 1.165) is 0 Å². The number of rotatable bonds is 3. The van der Waals surface area contributed by atoms with Crippen molar-refractivity contribution in [3.8, 4) is 11.5 Å². The van der Waals surface area contributed by atoms with E-state index in [2.05, 4.69) is 0 Å². The highest BCUT2D eigenvalue weighted by Gasteiger charge is 2.10. The Morgan fingerprint density at radius 2 is 1.94 bits per heavy atom. The molecule has 0 atom stereocenters. The molecular formula is C13H10ClFO2. The molecule has 0 aliphatic carbocycles. The molecule has 0 aliphatic heterocycles. The van der Waals surface area contributed by atoms with Crippen molar-refractivity contribution in [1.29, 1.82) is 0 Å². The quantitative estimate of drug-likeness (QED) is 0.901. The summed E-state index contributed by atoms with van der Waals surface area (Å²) in [5.74, 6) is -0.0638. The summed E-state index contributed by atoms with van der Waals surface area (Å²) in [7, 11) is 0. The highest BCUT2D eigenvalue weighted by molar-refractivity contribution is 6.30. The first-order chi connectivity index (χ1) is 8.20. The van der Waals surface area contributed by atoms with E-state index in [0.29, 0.717) is 16.3 Å². The number of benzene rings is 2. The second-order valence-electron chi connectivity index (χ2n) is 3.45. The molecule has 17 heavy (non-hydrogen) atoms. The van der Waals surface area contributed by atoms with E-state index in [9.17, 15) is 4.39 Å². The van der Waals surface area contributed by atoms with Gasteiger partial charge in [-0.05, 0) is 24.3 Å². The minimum absolute atomic E-state index is 0.0252. The molecule has 0 fully saturated rings. The van der Waals surface area contributed by atoms with Crippen LogP contribution in [-0.4, -0.2) is 5.11 Å². The van der Waals surface area contributed by atoms with Crippen molar-refractivity contribution in [2.75, 3.05) is 0 Å². The molecule has 2 aromatic rings. The summed E-state index contributed by atoms with van der Waals surface area (Å²) < 4.78 is 18.9. The summed E-state index contributed by atoms with van der Waals surface area (Å²) in [5.41, 5.74) is 0.393. The van der Waals surface area contributed by atoms with E-state index in [-0.39, 0.29) is 12.4 Å². The molecule has 2 nitrogen and oxygen atoms in total. The van der Waals surface area contributed by atoms with Gasteiger partial charge in [0.15, 0.2) is 11.6 Å². The van der Waals surface area contributed by atoms with Crippen LogP contribution in [0.15, 0.2) is 42.5 Å². The summed E-state index contributed by atoms with van der Waals surface area (Å²) in [6.45, 7) is -0.284.